The van der Waals surface area contributed by atoms with E-state index in [1.165, 1.54) is 11.3 Å². The normalized spacial score (nSPS) is 10.0. The van der Waals surface area contributed by atoms with Gasteiger partial charge in [-0.2, -0.15) is 0 Å². The first-order chi connectivity index (χ1) is 6.49. The molecule has 0 radical (unpaired) electrons. The molecule has 4 nitrogen and oxygen atoms in total. The molecule has 0 saturated heterocycles. The van der Waals surface area contributed by atoms with Gasteiger partial charge in [0.05, 0.1) is 0 Å². The van der Waals surface area contributed by atoms with Crippen molar-refractivity contribution in [1.82, 2.24) is 0 Å². The molecule has 1 aromatic heterocycles. The Morgan fingerprint density at radius 3 is 2.67 bits per heavy atom. The monoisotopic (exact) mass is 318 g/mol. The molecule has 15 heavy (non-hydrogen) atoms. The standard InChI is InChI=1S/C7H5BrO4S2.Na/c8-7-5-13-4-6(7)2-1-3-12-14(9,10)11;/h4-5H,3H2,(H,9,10,11);/q;+1/p-1. The summed E-state index contributed by atoms with van der Waals surface area (Å²) in [6.07, 6.45) is 0. The Balaban J connectivity index is 0.00000196. The van der Waals surface area contributed by atoms with Crippen LogP contribution in [-0.4, -0.2) is 19.6 Å². The van der Waals surface area contributed by atoms with Crippen LogP contribution in [0.15, 0.2) is 15.2 Å². The molecular formula is C7H4BrNaO4S2. The van der Waals surface area contributed by atoms with Crippen LogP contribution in [0.1, 0.15) is 5.56 Å². The first kappa shape index (κ1) is 15.6. The van der Waals surface area contributed by atoms with Crippen molar-refractivity contribution in [2.45, 2.75) is 0 Å². The maximum absolute atomic E-state index is 10.0. The summed E-state index contributed by atoms with van der Waals surface area (Å²) in [5.74, 6) is 5.06. The van der Waals surface area contributed by atoms with Gasteiger partial charge >= 0.3 is 29.6 Å². The molecule has 0 fully saturated rings. The predicted octanol–water partition coefficient (Wildman–Crippen LogP) is -1.66. The van der Waals surface area contributed by atoms with Crippen LogP contribution in [-0.2, 0) is 14.6 Å². The molecule has 0 aliphatic carbocycles. The minimum atomic E-state index is -4.64. The van der Waals surface area contributed by atoms with Gasteiger partial charge in [-0.05, 0) is 15.9 Å². The topological polar surface area (TPSA) is 66.4 Å². The number of hydrogen-bond donors (Lipinski definition) is 0. The third-order valence-corrected chi connectivity index (χ3v) is 3.22. The molecule has 0 aliphatic rings. The van der Waals surface area contributed by atoms with Gasteiger partial charge in [0.2, 0.25) is 10.4 Å². The molecule has 0 aliphatic heterocycles. The van der Waals surface area contributed by atoms with Crippen molar-refractivity contribution in [2.75, 3.05) is 6.61 Å². The Labute approximate surface area is 122 Å². The summed E-state index contributed by atoms with van der Waals surface area (Å²) in [6.45, 7) is -0.423. The second kappa shape index (κ2) is 7.04. The van der Waals surface area contributed by atoms with E-state index in [0.717, 1.165) is 10.0 Å². The Morgan fingerprint density at radius 2 is 2.20 bits per heavy atom. The average Bonchev–Trinajstić information content (AvgIpc) is 2.44. The maximum Gasteiger partial charge on any atom is 1.00 e. The summed E-state index contributed by atoms with van der Waals surface area (Å²) in [7, 11) is -4.64. The molecule has 1 heterocycles. The Hall–Kier alpha value is 0.610. The smallest absolute Gasteiger partial charge is 0.725 e. The zero-order valence-corrected chi connectivity index (χ0v) is 12.9. The molecule has 0 saturated carbocycles. The Morgan fingerprint density at radius 1 is 1.53 bits per heavy atom. The molecule has 0 spiro atoms. The number of rotatable bonds is 2. The van der Waals surface area contributed by atoms with Crippen LogP contribution < -0.4 is 29.6 Å². The largest absolute Gasteiger partial charge is 1.00 e. The summed E-state index contributed by atoms with van der Waals surface area (Å²) in [6, 6.07) is 0. The zero-order valence-electron chi connectivity index (χ0n) is 7.69. The quantitative estimate of drug-likeness (QED) is 0.283. The van der Waals surface area contributed by atoms with E-state index in [0.29, 0.717) is 0 Å². The predicted molar refractivity (Wildman–Crippen MR) is 54.5 cm³/mol. The van der Waals surface area contributed by atoms with Crippen LogP contribution in [0.25, 0.3) is 0 Å². The van der Waals surface area contributed by atoms with Crippen LogP contribution >= 0.6 is 27.3 Å². The van der Waals surface area contributed by atoms with Gasteiger partial charge in [0, 0.05) is 20.8 Å². The third-order valence-electron chi connectivity index (χ3n) is 1.11. The van der Waals surface area contributed by atoms with Crippen molar-refractivity contribution in [1.29, 1.82) is 0 Å². The van der Waals surface area contributed by atoms with Crippen LogP contribution in [0.5, 0.6) is 0 Å². The van der Waals surface area contributed by atoms with Gasteiger partial charge in [-0.15, -0.1) is 11.3 Å². The van der Waals surface area contributed by atoms with Crippen LogP contribution in [0, 0.1) is 11.8 Å². The van der Waals surface area contributed by atoms with Crippen LogP contribution in [0.3, 0.4) is 0 Å². The van der Waals surface area contributed by atoms with E-state index in [1.807, 2.05) is 5.38 Å². The fourth-order valence-electron chi connectivity index (χ4n) is 0.604. The Kier molecular flexibility index (Phi) is 7.32. The first-order valence-electron chi connectivity index (χ1n) is 3.30. The van der Waals surface area contributed by atoms with Gasteiger partial charge < -0.3 is 4.55 Å². The molecular weight excluding hydrogens is 315 g/mol. The fourth-order valence-corrected chi connectivity index (χ4v) is 2.13. The van der Waals surface area contributed by atoms with Crippen LogP contribution in [0.4, 0.5) is 0 Å². The molecule has 8 heteroatoms. The summed E-state index contributed by atoms with van der Waals surface area (Å²) < 4.78 is 34.8. The fraction of sp³-hybridized carbons (Fsp3) is 0.143. The molecule has 0 amide bonds. The van der Waals surface area contributed by atoms with E-state index in [2.05, 4.69) is 32.0 Å². The molecule has 0 N–H and O–H groups in total. The van der Waals surface area contributed by atoms with Gasteiger partial charge in [-0.3, -0.25) is 4.18 Å². The Bertz CT molecular complexity index is 471. The van der Waals surface area contributed by atoms with E-state index < -0.39 is 17.0 Å². The maximum atomic E-state index is 10.0. The SMILES string of the molecule is O=S(=O)([O-])OCC#Cc1cscc1Br.[Na+]. The van der Waals surface area contributed by atoms with Gasteiger partial charge in [0.15, 0.2) is 0 Å². The van der Waals surface area contributed by atoms with Crippen molar-refractivity contribution < 1.29 is 46.7 Å². The van der Waals surface area contributed by atoms with Crippen molar-refractivity contribution in [3.8, 4) is 11.8 Å². The molecule has 0 aromatic carbocycles. The molecule has 76 valence electrons. The summed E-state index contributed by atoms with van der Waals surface area (Å²) >= 11 is 4.70. The second-order valence-corrected chi connectivity index (χ2v) is 4.76. The van der Waals surface area contributed by atoms with Crippen molar-refractivity contribution in [3.63, 3.8) is 0 Å². The molecule has 1 aromatic rings. The molecule has 0 atom stereocenters. The number of hydrogen-bond acceptors (Lipinski definition) is 5. The number of halogens is 1. The minimum Gasteiger partial charge on any atom is -0.725 e. The van der Waals surface area contributed by atoms with Gasteiger partial charge in [0.1, 0.15) is 6.61 Å². The average molecular weight is 319 g/mol. The third kappa shape index (κ3) is 6.71. The van der Waals surface area contributed by atoms with Crippen molar-refractivity contribution >= 4 is 37.7 Å². The van der Waals surface area contributed by atoms with Gasteiger partial charge in [-0.1, -0.05) is 11.8 Å². The second-order valence-electron chi connectivity index (χ2n) is 2.11. The van der Waals surface area contributed by atoms with E-state index in [1.54, 1.807) is 5.38 Å². The first-order valence-corrected chi connectivity index (χ1v) is 6.37. The minimum absolute atomic E-state index is 0. The zero-order chi connectivity index (χ0) is 10.6. The molecule has 1 rings (SSSR count). The van der Waals surface area contributed by atoms with E-state index in [-0.39, 0.29) is 29.6 Å². The molecule has 0 bridgehead atoms. The van der Waals surface area contributed by atoms with Gasteiger partial charge in [0.25, 0.3) is 0 Å². The van der Waals surface area contributed by atoms with E-state index >= 15 is 0 Å². The molecule has 0 unspecified atom stereocenters. The van der Waals surface area contributed by atoms with Gasteiger partial charge in [-0.25, -0.2) is 8.42 Å². The van der Waals surface area contributed by atoms with E-state index in [9.17, 15) is 13.0 Å². The summed E-state index contributed by atoms with van der Waals surface area (Å²) in [4.78, 5) is 0. The van der Waals surface area contributed by atoms with Crippen molar-refractivity contribution in [2.24, 2.45) is 0 Å². The van der Waals surface area contributed by atoms with Crippen molar-refractivity contribution in [3.05, 3.63) is 20.8 Å². The summed E-state index contributed by atoms with van der Waals surface area (Å²) in [5.41, 5.74) is 0.738. The van der Waals surface area contributed by atoms with E-state index in [4.69, 9.17) is 0 Å². The van der Waals surface area contributed by atoms with Crippen LogP contribution in [0.2, 0.25) is 0 Å². The number of thiophene rings is 1. The summed E-state index contributed by atoms with van der Waals surface area (Å²) in [5, 5.41) is 3.64.